The molecule has 1 aromatic carbocycles. The first-order valence-electron chi connectivity index (χ1n) is 4.60. The van der Waals surface area contributed by atoms with Gasteiger partial charge in [-0.1, -0.05) is 12.1 Å². The van der Waals surface area contributed by atoms with Crippen LogP contribution in [0.2, 0.25) is 0 Å². The van der Waals surface area contributed by atoms with Crippen LogP contribution in [-0.4, -0.2) is 25.1 Å². The van der Waals surface area contributed by atoms with Gasteiger partial charge in [0.15, 0.2) is 0 Å². The van der Waals surface area contributed by atoms with Crippen LogP contribution in [0.4, 0.5) is 13.2 Å². The summed E-state index contributed by atoms with van der Waals surface area (Å²) in [7, 11) is 1.61. The zero-order valence-electron chi connectivity index (χ0n) is 8.58. The number of nitrogens with one attached hydrogen (secondary N) is 1. The Morgan fingerprint density at radius 1 is 1.44 bits per heavy atom. The number of rotatable bonds is 4. The van der Waals surface area contributed by atoms with Gasteiger partial charge in [0.25, 0.3) is 0 Å². The lowest BCUT2D eigenvalue weighted by atomic mass is 10.1. The fourth-order valence-electron chi connectivity index (χ4n) is 1.29. The maximum absolute atomic E-state index is 12.0. The van der Waals surface area contributed by atoms with Crippen molar-refractivity contribution in [3.63, 3.8) is 0 Å². The number of alkyl halides is 3. The van der Waals surface area contributed by atoms with Crippen LogP contribution in [0.25, 0.3) is 0 Å². The standard InChI is InChI=1S/C10H12F3NO2/c1-14-9(6-15)7-3-2-4-8(5-7)16-10(11,12)13/h2-5,9,14-15H,6H2,1H3. The summed E-state index contributed by atoms with van der Waals surface area (Å²) in [5.74, 6) is -0.293. The quantitative estimate of drug-likeness (QED) is 0.836. The number of hydrogen-bond acceptors (Lipinski definition) is 3. The number of ether oxygens (including phenoxy) is 1. The highest BCUT2D eigenvalue weighted by molar-refractivity contribution is 5.30. The van der Waals surface area contributed by atoms with Crippen molar-refractivity contribution in [1.82, 2.24) is 5.32 Å². The van der Waals surface area contributed by atoms with Crippen molar-refractivity contribution < 1.29 is 23.0 Å². The molecule has 1 aromatic rings. The number of aliphatic hydroxyl groups excluding tert-OH is 1. The lowest BCUT2D eigenvalue weighted by Gasteiger charge is -2.15. The van der Waals surface area contributed by atoms with Crippen LogP contribution in [0.1, 0.15) is 11.6 Å². The van der Waals surface area contributed by atoms with Gasteiger partial charge in [-0.3, -0.25) is 0 Å². The predicted molar refractivity (Wildman–Crippen MR) is 52.0 cm³/mol. The van der Waals surface area contributed by atoms with E-state index in [-0.39, 0.29) is 12.4 Å². The van der Waals surface area contributed by atoms with Crippen molar-refractivity contribution in [3.8, 4) is 5.75 Å². The summed E-state index contributed by atoms with van der Waals surface area (Å²) < 4.78 is 39.6. The third-order valence-electron chi connectivity index (χ3n) is 2.03. The molecule has 0 aliphatic carbocycles. The third kappa shape index (κ3) is 3.71. The van der Waals surface area contributed by atoms with Gasteiger partial charge in [0.05, 0.1) is 12.6 Å². The summed E-state index contributed by atoms with van der Waals surface area (Å²) in [6, 6.07) is 5.10. The SMILES string of the molecule is CNC(CO)c1cccc(OC(F)(F)F)c1. The van der Waals surface area contributed by atoms with E-state index in [0.29, 0.717) is 5.56 Å². The summed E-state index contributed by atoms with van der Waals surface area (Å²) in [5.41, 5.74) is 0.534. The molecular weight excluding hydrogens is 223 g/mol. The molecule has 1 rings (SSSR count). The van der Waals surface area contributed by atoms with Gasteiger partial charge in [-0.05, 0) is 24.7 Å². The zero-order valence-corrected chi connectivity index (χ0v) is 8.58. The van der Waals surface area contributed by atoms with Gasteiger partial charge in [0.2, 0.25) is 0 Å². The molecule has 90 valence electrons. The van der Waals surface area contributed by atoms with Crippen LogP contribution in [0.3, 0.4) is 0 Å². The van der Waals surface area contributed by atoms with E-state index in [1.165, 1.54) is 18.2 Å². The molecule has 0 radical (unpaired) electrons. The van der Waals surface area contributed by atoms with Crippen molar-refractivity contribution >= 4 is 0 Å². The van der Waals surface area contributed by atoms with E-state index in [1.54, 1.807) is 13.1 Å². The van der Waals surface area contributed by atoms with Crippen molar-refractivity contribution in [3.05, 3.63) is 29.8 Å². The molecule has 0 fully saturated rings. The van der Waals surface area contributed by atoms with Crippen LogP contribution in [0.5, 0.6) is 5.75 Å². The number of benzene rings is 1. The molecule has 0 saturated heterocycles. The smallest absolute Gasteiger partial charge is 0.406 e. The van der Waals surface area contributed by atoms with E-state index in [9.17, 15) is 13.2 Å². The van der Waals surface area contributed by atoms with E-state index < -0.39 is 12.4 Å². The minimum atomic E-state index is -4.70. The molecule has 6 heteroatoms. The summed E-state index contributed by atoms with van der Waals surface area (Å²) in [5, 5.41) is 11.7. The third-order valence-corrected chi connectivity index (χ3v) is 2.03. The van der Waals surface area contributed by atoms with Crippen LogP contribution < -0.4 is 10.1 Å². The Labute approximate surface area is 90.8 Å². The van der Waals surface area contributed by atoms with Gasteiger partial charge in [-0.2, -0.15) is 0 Å². The molecule has 2 N–H and O–H groups in total. The zero-order chi connectivity index (χ0) is 12.2. The fraction of sp³-hybridized carbons (Fsp3) is 0.400. The van der Waals surface area contributed by atoms with E-state index in [1.807, 2.05) is 0 Å². The van der Waals surface area contributed by atoms with Gasteiger partial charge in [-0.25, -0.2) is 0 Å². The monoisotopic (exact) mass is 235 g/mol. The molecule has 0 aliphatic rings. The molecule has 1 unspecified atom stereocenters. The molecule has 16 heavy (non-hydrogen) atoms. The lowest BCUT2D eigenvalue weighted by molar-refractivity contribution is -0.274. The molecule has 0 aromatic heterocycles. The van der Waals surface area contributed by atoms with E-state index in [4.69, 9.17) is 5.11 Å². The Kier molecular flexibility index (Phi) is 4.14. The molecule has 1 atom stereocenters. The van der Waals surface area contributed by atoms with Gasteiger partial charge in [0, 0.05) is 0 Å². The first-order chi connectivity index (χ1) is 7.46. The first kappa shape index (κ1) is 12.8. The van der Waals surface area contributed by atoms with Crippen molar-refractivity contribution in [1.29, 1.82) is 0 Å². The summed E-state index contributed by atoms with van der Waals surface area (Å²) >= 11 is 0. The van der Waals surface area contributed by atoms with Crippen LogP contribution in [0, 0.1) is 0 Å². The minimum Gasteiger partial charge on any atom is -0.406 e. The molecule has 0 aliphatic heterocycles. The molecule has 3 nitrogen and oxygen atoms in total. The molecule has 0 amide bonds. The summed E-state index contributed by atoms with van der Waals surface area (Å²) in [6.45, 7) is -0.202. The molecule has 0 bridgehead atoms. The Morgan fingerprint density at radius 3 is 2.62 bits per heavy atom. The second-order valence-corrected chi connectivity index (χ2v) is 3.14. The predicted octanol–water partition coefficient (Wildman–Crippen LogP) is 1.84. The average molecular weight is 235 g/mol. The normalized spacial score (nSPS) is 13.6. The van der Waals surface area contributed by atoms with Crippen LogP contribution in [0.15, 0.2) is 24.3 Å². The van der Waals surface area contributed by atoms with Crippen molar-refractivity contribution in [2.75, 3.05) is 13.7 Å². The minimum absolute atomic E-state index is 0.202. The second kappa shape index (κ2) is 5.18. The average Bonchev–Trinajstić information content (AvgIpc) is 2.17. The molecule has 0 spiro atoms. The molecule has 0 saturated carbocycles. The van der Waals surface area contributed by atoms with E-state index in [0.717, 1.165) is 0 Å². The van der Waals surface area contributed by atoms with Crippen molar-refractivity contribution in [2.45, 2.75) is 12.4 Å². The van der Waals surface area contributed by atoms with Crippen molar-refractivity contribution in [2.24, 2.45) is 0 Å². The maximum Gasteiger partial charge on any atom is 0.573 e. The highest BCUT2D eigenvalue weighted by atomic mass is 19.4. The van der Waals surface area contributed by atoms with Crippen LogP contribution in [-0.2, 0) is 0 Å². The number of likely N-dealkylation sites (N-methyl/N-ethyl adjacent to an activating group) is 1. The molecular formula is C10H12F3NO2. The Bertz CT molecular complexity index is 337. The van der Waals surface area contributed by atoms with Crippen LogP contribution >= 0.6 is 0 Å². The molecule has 0 heterocycles. The van der Waals surface area contributed by atoms with Gasteiger partial charge >= 0.3 is 6.36 Å². The summed E-state index contributed by atoms with van der Waals surface area (Å²) in [4.78, 5) is 0. The Morgan fingerprint density at radius 2 is 2.12 bits per heavy atom. The topological polar surface area (TPSA) is 41.5 Å². The fourth-order valence-corrected chi connectivity index (χ4v) is 1.29. The highest BCUT2D eigenvalue weighted by Crippen LogP contribution is 2.25. The summed E-state index contributed by atoms with van der Waals surface area (Å²) in [6.07, 6.45) is -4.70. The largest absolute Gasteiger partial charge is 0.573 e. The van der Waals surface area contributed by atoms with E-state index in [2.05, 4.69) is 10.1 Å². The number of hydrogen-bond donors (Lipinski definition) is 2. The van der Waals surface area contributed by atoms with Gasteiger partial charge in [-0.15, -0.1) is 13.2 Å². The van der Waals surface area contributed by atoms with Gasteiger partial charge < -0.3 is 15.2 Å². The number of halogens is 3. The first-order valence-corrected chi connectivity index (χ1v) is 4.60. The Hall–Kier alpha value is -1.27. The van der Waals surface area contributed by atoms with Gasteiger partial charge in [0.1, 0.15) is 5.75 Å². The number of aliphatic hydroxyl groups is 1. The lowest BCUT2D eigenvalue weighted by Crippen LogP contribution is -2.21. The van der Waals surface area contributed by atoms with E-state index >= 15 is 0 Å². The second-order valence-electron chi connectivity index (χ2n) is 3.14. The highest BCUT2D eigenvalue weighted by Gasteiger charge is 2.31. The Balaban J connectivity index is 2.86. The maximum atomic E-state index is 12.0.